The van der Waals surface area contributed by atoms with Crippen LogP contribution < -0.4 is 5.32 Å². The Morgan fingerprint density at radius 3 is 2.62 bits per heavy atom. The molecule has 3 nitrogen and oxygen atoms in total. The van der Waals surface area contributed by atoms with Crippen molar-refractivity contribution in [3.8, 4) is 11.3 Å². The third kappa shape index (κ3) is 2.74. The first-order valence-corrected chi connectivity index (χ1v) is 8.95. The molecular formula is C20H18N2OS. The quantitative estimate of drug-likeness (QED) is 0.745. The van der Waals surface area contributed by atoms with E-state index in [1.165, 1.54) is 16.9 Å². The van der Waals surface area contributed by atoms with Crippen molar-refractivity contribution >= 4 is 22.4 Å². The second-order valence-corrected chi connectivity index (χ2v) is 7.17. The lowest BCUT2D eigenvalue weighted by atomic mass is 9.94. The minimum absolute atomic E-state index is 0.0575. The fraction of sp³-hybridized carbons (Fsp3) is 0.200. The van der Waals surface area contributed by atoms with E-state index in [0.717, 1.165) is 29.7 Å². The van der Waals surface area contributed by atoms with Gasteiger partial charge in [0.25, 0.3) is 0 Å². The summed E-state index contributed by atoms with van der Waals surface area (Å²) in [7, 11) is 0. The van der Waals surface area contributed by atoms with Crippen LogP contribution in [0.5, 0.6) is 0 Å². The Morgan fingerprint density at radius 1 is 1.12 bits per heavy atom. The Bertz CT molecular complexity index is 881. The monoisotopic (exact) mass is 334 g/mol. The standard InChI is InChI=1S/C20H18N2OS/c1-14-6-5-9-16(12-14)20(10-11-20)18(23)22-19-21-17(13-24-19)15-7-3-2-4-8-15/h2-9,12-13H,10-11H2,1H3,(H,21,22,23). The van der Waals surface area contributed by atoms with Gasteiger partial charge in [-0.2, -0.15) is 0 Å². The molecule has 1 amide bonds. The Kier molecular flexibility index (Phi) is 3.69. The van der Waals surface area contributed by atoms with Gasteiger partial charge in [0.2, 0.25) is 5.91 Å². The SMILES string of the molecule is Cc1cccc(C2(C(=O)Nc3nc(-c4ccccc4)cs3)CC2)c1. The second kappa shape index (κ2) is 5.87. The zero-order chi connectivity index (χ0) is 16.6. The van der Waals surface area contributed by atoms with E-state index >= 15 is 0 Å². The van der Waals surface area contributed by atoms with Gasteiger partial charge >= 0.3 is 0 Å². The number of thiazole rings is 1. The van der Waals surface area contributed by atoms with Crippen LogP contribution in [-0.4, -0.2) is 10.9 Å². The molecule has 0 unspecified atom stereocenters. The maximum Gasteiger partial charge on any atom is 0.236 e. The minimum atomic E-state index is -0.370. The first-order chi connectivity index (χ1) is 11.7. The number of nitrogens with zero attached hydrogens (tertiary/aromatic N) is 1. The van der Waals surface area contributed by atoms with E-state index < -0.39 is 0 Å². The topological polar surface area (TPSA) is 42.0 Å². The number of aryl methyl sites for hydroxylation is 1. The maximum atomic E-state index is 12.8. The highest BCUT2D eigenvalue weighted by Crippen LogP contribution is 2.49. The van der Waals surface area contributed by atoms with E-state index in [1.807, 2.05) is 41.8 Å². The lowest BCUT2D eigenvalue weighted by molar-refractivity contribution is -0.118. The van der Waals surface area contributed by atoms with Crippen LogP contribution in [0.2, 0.25) is 0 Å². The Balaban J connectivity index is 1.54. The van der Waals surface area contributed by atoms with Gasteiger partial charge in [0.1, 0.15) is 0 Å². The number of amides is 1. The summed E-state index contributed by atoms with van der Waals surface area (Å²) in [5.41, 5.74) is 3.89. The molecule has 0 saturated heterocycles. The van der Waals surface area contributed by atoms with Gasteiger partial charge in [-0.3, -0.25) is 4.79 Å². The highest BCUT2D eigenvalue weighted by Gasteiger charge is 2.51. The summed E-state index contributed by atoms with van der Waals surface area (Å²) >= 11 is 1.47. The number of hydrogen-bond acceptors (Lipinski definition) is 3. The lowest BCUT2D eigenvalue weighted by Gasteiger charge is -2.15. The highest BCUT2D eigenvalue weighted by molar-refractivity contribution is 7.14. The summed E-state index contributed by atoms with van der Waals surface area (Å²) in [6, 6.07) is 18.3. The molecule has 2 aromatic carbocycles. The van der Waals surface area contributed by atoms with Crippen molar-refractivity contribution in [2.45, 2.75) is 25.2 Å². The third-order valence-corrected chi connectivity index (χ3v) is 5.31. The average Bonchev–Trinajstić information content (AvgIpc) is 3.30. The molecule has 3 aromatic rings. The van der Waals surface area contributed by atoms with Gasteiger partial charge in [-0.1, -0.05) is 60.2 Å². The molecule has 4 rings (SSSR count). The van der Waals surface area contributed by atoms with E-state index in [4.69, 9.17) is 0 Å². The van der Waals surface area contributed by atoms with E-state index in [0.29, 0.717) is 5.13 Å². The number of benzene rings is 2. The van der Waals surface area contributed by atoms with Crippen molar-refractivity contribution in [1.29, 1.82) is 0 Å². The van der Waals surface area contributed by atoms with Crippen LogP contribution in [0, 0.1) is 6.92 Å². The molecule has 0 spiro atoms. The molecule has 0 aliphatic heterocycles. The fourth-order valence-electron chi connectivity index (χ4n) is 3.00. The largest absolute Gasteiger partial charge is 0.301 e. The van der Waals surface area contributed by atoms with Gasteiger partial charge in [-0.25, -0.2) is 4.98 Å². The first-order valence-electron chi connectivity index (χ1n) is 8.07. The fourth-order valence-corrected chi connectivity index (χ4v) is 3.72. The Morgan fingerprint density at radius 2 is 1.92 bits per heavy atom. The van der Waals surface area contributed by atoms with E-state index in [2.05, 4.69) is 35.4 Å². The molecule has 0 bridgehead atoms. The average molecular weight is 334 g/mol. The van der Waals surface area contributed by atoms with Crippen molar-refractivity contribution in [3.05, 3.63) is 71.1 Å². The summed E-state index contributed by atoms with van der Waals surface area (Å²) in [5, 5.41) is 5.67. The summed E-state index contributed by atoms with van der Waals surface area (Å²) in [6.45, 7) is 2.06. The first kappa shape index (κ1) is 15.1. The molecule has 120 valence electrons. The summed E-state index contributed by atoms with van der Waals surface area (Å²) in [6.07, 6.45) is 1.80. The molecule has 0 atom stereocenters. The van der Waals surface area contributed by atoms with Gasteiger partial charge in [0.05, 0.1) is 11.1 Å². The van der Waals surface area contributed by atoms with Crippen LogP contribution in [0.25, 0.3) is 11.3 Å². The van der Waals surface area contributed by atoms with Crippen molar-refractivity contribution in [2.24, 2.45) is 0 Å². The number of anilines is 1. The molecule has 0 radical (unpaired) electrons. The summed E-state index contributed by atoms with van der Waals surface area (Å²) in [5.74, 6) is 0.0575. The van der Waals surface area contributed by atoms with E-state index in [-0.39, 0.29) is 11.3 Å². The van der Waals surface area contributed by atoms with E-state index in [1.54, 1.807) is 0 Å². The second-order valence-electron chi connectivity index (χ2n) is 6.31. The molecule has 1 saturated carbocycles. The lowest BCUT2D eigenvalue weighted by Crippen LogP contribution is -2.27. The molecule has 1 N–H and O–H groups in total. The van der Waals surface area contributed by atoms with Gasteiger partial charge in [0, 0.05) is 10.9 Å². The number of aromatic nitrogens is 1. The zero-order valence-corrected chi connectivity index (χ0v) is 14.3. The van der Waals surface area contributed by atoms with Crippen LogP contribution in [-0.2, 0) is 10.2 Å². The Hall–Kier alpha value is -2.46. The molecule has 4 heteroatoms. The number of hydrogen-bond donors (Lipinski definition) is 1. The van der Waals surface area contributed by atoms with Gasteiger partial charge in [-0.15, -0.1) is 11.3 Å². The van der Waals surface area contributed by atoms with Crippen LogP contribution in [0.15, 0.2) is 60.0 Å². The van der Waals surface area contributed by atoms with Crippen molar-refractivity contribution < 1.29 is 4.79 Å². The molecule has 1 fully saturated rings. The molecule has 1 aromatic heterocycles. The number of carbonyl (C=O) groups is 1. The van der Waals surface area contributed by atoms with Gasteiger partial charge < -0.3 is 5.32 Å². The normalized spacial score (nSPS) is 15.0. The number of rotatable bonds is 4. The van der Waals surface area contributed by atoms with Crippen LogP contribution in [0.1, 0.15) is 24.0 Å². The molecule has 1 aliphatic rings. The third-order valence-electron chi connectivity index (χ3n) is 4.55. The molecule has 1 heterocycles. The molecule has 1 aliphatic carbocycles. The zero-order valence-electron chi connectivity index (χ0n) is 13.5. The van der Waals surface area contributed by atoms with Crippen molar-refractivity contribution in [2.75, 3.05) is 5.32 Å². The van der Waals surface area contributed by atoms with Crippen LogP contribution in [0.3, 0.4) is 0 Å². The van der Waals surface area contributed by atoms with Gasteiger partial charge in [-0.05, 0) is 25.3 Å². The molecular weight excluding hydrogens is 316 g/mol. The predicted octanol–water partition coefficient (Wildman–Crippen LogP) is 4.79. The maximum absolute atomic E-state index is 12.8. The minimum Gasteiger partial charge on any atom is -0.301 e. The number of carbonyl (C=O) groups excluding carboxylic acids is 1. The summed E-state index contributed by atoms with van der Waals surface area (Å²) < 4.78 is 0. The van der Waals surface area contributed by atoms with Crippen molar-refractivity contribution in [1.82, 2.24) is 4.98 Å². The van der Waals surface area contributed by atoms with Crippen LogP contribution >= 0.6 is 11.3 Å². The number of nitrogens with one attached hydrogen (secondary N) is 1. The Labute approximate surface area is 145 Å². The van der Waals surface area contributed by atoms with Crippen LogP contribution in [0.4, 0.5) is 5.13 Å². The highest BCUT2D eigenvalue weighted by atomic mass is 32.1. The predicted molar refractivity (Wildman–Crippen MR) is 98.3 cm³/mol. The molecule has 24 heavy (non-hydrogen) atoms. The smallest absolute Gasteiger partial charge is 0.236 e. The van der Waals surface area contributed by atoms with Crippen molar-refractivity contribution in [3.63, 3.8) is 0 Å². The van der Waals surface area contributed by atoms with E-state index in [9.17, 15) is 4.79 Å². The summed E-state index contributed by atoms with van der Waals surface area (Å²) in [4.78, 5) is 17.4. The van der Waals surface area contributed by atoms with Gasteiger partial charge in [0.15, 0.2) is 5.13 Å².